The molecule has 0 atom stereocenters. The zero-order valence-corrected chi connectivity index (χ0v) is 18.6. The van der Waals surface area contributed by atoms with Gasteiger partial charge in [0, 0.05) is 5.92 Å². The maximum atomic E-state index is 12.5. The molecule has 0 unspecified atom stereocenters. The minimum Gasteiger partial charge on any atom is -0.494 e. The van der Waals surface area contributed by atoms with Crippen molar-refractivity contribution >= 4 is 18.1 Å². The number of nitrogens with zero attached hydrogens (tertiary/aromatic N) is 1. The molecule has 2 aromatic rings. The number of carbonyl (C=O) groups excluding carboxylic acids is 2. The molecule has 0 aromatic heterocycles. The summed E-state index contributed by atoms with van der Waals surface area (Å²) in [6, 6.07) is 11.9. The Labute approximate surface area is 188 Å². The number of hydrogen-bond acceptors (Lipinski definition) is 6. The van der Waals surface area contributed by atoms with E-state index in [1.165, 1.54) is 6.42 Å². The fourth-order valence-corrected chi connectivity index (χ4v) is 3.60. The van der Waals surface area contributed by atoms with Crippen LogP contribution in [-0.2, 0) is 4.79 Å². The second kappa shape index (κ2) is 11.9. The third-order valence-electron chi connectivity index (χ3n) is 5.24. The summed E-state index contributed by atoms with van der Waals surface area (Å²) in [5.74, 6) is 0.952. The van der Waals surface area contributed by atoms with Crippen LogP contribution in [0.3, 0.4) is 0 Å². The van der Waals surface area contributed by atoms with E-state index < -0.39 is 5.97 Å². The van der Waals surface area contributed by atoms with Gasteiger partial charge < -0.3 is 14.2 Å². The molecule has 0 radical (unpaired) electrons. The van der Waals surface area contributed by atoms with Gasteiger partial charge in [0.1, 0.15) is 5.75 Å². The number of carbonyl (C=O) groups is 2. The van der Waals surface area contributed by atoms with E-state index in [4.69, 9.17) is 14.2 Å². The Morgan fingerprint density at radius 1 is 0.969 bits per heavy atom. The molecule has 3 rings (SSSR count). The molecule has 0 heterocycles. The van der Waals surface area contributed by atoms with E-state index in [2.05, 4.69) is 10.5 Å². The van der Waals surface area contributed by atoms with E-state index in [0.717, 1.165) is 31.2 Å². The third kappa shape index (κ3) is 6.57. The van der Waals surface area contributed by atoms with Crippen LogP contribution >= 0.6 is 0 Å². The van der Waals surface area contributed by atoms with Crippen LogP contribution in [0.2, 0.25) is 0 Å². The number of esters is 1. The van der Waals surface area contributed by atoms with Crippen molar-refractivity contribution in [3.8, 4) is 17.2 Å². The number of hydrogen-bond donors (Lipinski definition) is 1. The molecule has 0 saturated heterocycles. The average Bonchev–Trinajstić information content (AvgIpc) is 2.82. The minimum atomic E-state index is -0.491. The van der Waals surface area contributed by atoms with Crippen LogP contribution in [0.25, 0.3) is 0 Å². The molecule has 7 nitrogen and oxygen atoms in total. The van der Waals surface area contributed by atoms with Gasteiger partial charge in [-0.05, 0) is 74.7 Å². The molecular weight excluding hydrogens is 408 g/mol. The van der Waals surface area contributed by atoms with Crippen LogP contribution in [0.15, 0.2) is 47.6 Å². The topological polar surface area (TPSA) is 86.2 Å². The maximum Gasteiger partial charge on any atom is 0.343 e. The van der Waals surface area contributed by atoms with E-state index in [1.807, 2.05) is 13.8 Å². The number of ether oxygens (including phenoxy) is 3. The lowest BCUT2D eigenvalue weighted by atomic mass is 9.89. The number of benzene rings is 2. The Kier molecular flexibility index (Phi) is 8.66. The number of rotatable bonds is 9. The van der Waals surface area contributed by atoms with Crippen LogP contribution < -0.4 is 19.6 Å². The zero-order valence-electron chi connectivity index (χ0n) is 18.6. The van der Waals surface area contributed by atoms with Gasteiger partial charge in [-0.1, -0.05) is 19.3 Å². The van der Waals surface area contributed by atoms with Crippen molar-refractivity contribution in [2.75, 3.05) is 13.2 Å². The predicted octanol–water partition coefficient (Wildman–Crippen LogP) is 4.73. The summed E-state index contributed by atoms with van der Waals surface area (Å²) in [4.78, 5) is 24.7. The normalized spacial score (nSPS) is 14.2. The second-order valence-electron chi connectivity index (χ2n) is 7.56. The third-order valence-corrected chi connectivity index (χ3v) is 5.24. The predicted molar refractivity (Wildman–Crippen MR) is 122 cm³/mol. The highest BCUT2D eigenvalue weighted by Gasteiger charge is 2.20. The van der Waals surface area contributed by atoms with E-state index in [-0.39, 0.29) is 11.8 Å². The average molecular weight is 439 g/mol. The van der Waals surface area contributed by atoms with E-state index in [1.54, 1.807) is 48.7 Å². The molecule has 170 valence electrons. The molecule has 0 aliphatic heterocycles. The molecule has 32 heavy (non-hydrogen) atoms. The van der Waals surface area contributed by atoms with Crippen molar-refractivity contribution in [3.05, 3.63) is 53.6 Å². The summed E-state index contributed by atoms with van der Waals surface area (Å²) in [5, 5.41) is 4.08. The van der Waals surface area contributed by atoms with Gasteiger partial charge >= 0.3 is 5.97 Å². The summed E-state index contributed by atoms with van der Waals surface area (Å²) in [6.45, 7) is 4.72. The quantitative estimate of drug-likeness (QED) is 0.265. The minimum absolute atomic E-state index is 0.0353. The van der Waals surface area contributed by atoms with E-state index >= 15 is 0 Å². The fourth-order valence-electron chi connectivity index (χ4n) is 3.60. The molecule has 0 spiro atoms. The molecule has 1 amide bonds. The molecule has 1 aliphatic rings. The first-order valence-electron chi connectivity index (χ1n) is 11.2. The summed E-state index contributed by atoms with van der Waals surface area (Å²) in [5.41, 5.74) is 3.76. The second-order valence-corrected chi connectivity index (χ2v) is 7.56. The van der Waals surface area contributed by atoms with Crippen LogP contribution in [0.4, 0.5) is 0 Å². The summed E-state index contributed by atoms with van der Waals surface area (Å²) >= 11 is 0. The Balaban J connectivity index is 1.64. The Bertz CT molecular complexity index is 934. The van der Waals surface area contributed by atoms with Gasteiger partial charge in [0.2, 0.25) is 5.91 Å². The summed E-state index contributed by atoms with van der Waals surface area (Å²) < 4.78 is 16.6. The maximum absolute atomic E-state index is 12.5. The Morgan fingerprint density at radius 3 is 2.38 bits per heavy atom. The molecule has 1 fully saturated rings. The molecule has 1 N–H and O–H groups in total. The number of amides is 1. The van der Waals surface area contributed by atoms with Crippen molar-refractivity contribution < 1.29 is 23.8 Å². The van der Waals surface area contributed by atoms with Gasteiger partial charge in [-0.2, -0.15) is 5.10 Å². The molecule has 7 heteroatoms. The largest absolute Gasteiger partial charge is 0.494 e. The smallest absolute Gasteiger partial charge is 0.343 e. The molecule has 1 saturated carbocycles. The van der Waals surface area contributed by atoms with Crippen molar-refractivity contribution in [2.24, 2.45) is 11.0 Å². The Morgan fingerprint density at radius 2 is 1.69 bits per heavy atom. The highest BCUT2D eigenvalue weighted by Crippen LogP contribution is 2.29. The van der Waals surface area contributed by atoms with E-state index in [0.29, 0.717) is 36.0 Å². The molecule has 0 bridgehead atoms. The van der Waals surface area contributed by atoms with E-state index in [9.17, 15) is 9.59 Å². The van der Waals surface area contributed by atoms with Gasteiger partial charge in [-0.25, -0.2) is 10.2 Å². The monoisotopic (exact) mass is 438 g/mol. The highest BCUT2D eigenvalue weighted by atomic mass is 16.6. The molecule has 1 aliphatic carbocycles. The first kappa shape index (κ1) is 23.3. The summed E-state index contributed by atoms with van der Waals surface area (Å²) in [7, 11) is 0. The summed E-state index contributed by atoms with van der Waals surface area (Å²) in [6.07, 6.45) is 6.78. The van der Waals surface area contributed by atoms with Gasteiger partial charge in [0.15, 0.2) is 11.5 Å². The van der Waals surface area contributed by atoms with Crippen LogP contribution in [0, 0.1) is 5.92 Å². The first-order valence-corrected chi connectivity index (χ1v) is 11.2. The van der Waals surface area contributed by atoms with Crippen molar-refractivity contribution in [2.45, 2.75) is 46.0 Å². The van der Waals surface area contributed by atoms with Crippen molar-refractivity contribution in [1.82, 2.24) is 5.43 Å². The van der Waals surface area contributed by atoms with Gasteiger partial charge in [0.05, 0.1) is 25.0 Å². The van der Waals surface area contributed by atoms with Crippen molar-refractivity contribution in [3.63, 3.8) is 0 Å². The fraction of sp³-hybridized carbons (Fsp3) is 0.400. The van der Waals surface area contributed by atoms with Crippen molar-refractivity contribution in [1.29, 1.82) is 0 Å². The van der Waals surface area contributed by atoms with Gasteiger partial charge in [0.25, 0.3) is 0 Å². The van der Waals surface area contributed by atoms with Crippen LogP contribution in [-0.4, -0.2) is 31.3 Å². The van der Waals surface area contributed by atoms with Crippen LogP contribution in [0.5, 0.6) is 17.2 Å². The number of nitrogens with one attached hydrogen (secondary N) is 1. The molecular formula is C25H30N2O5. The SMILES string of the molecule is CCOc1ccc(C(=O)Oc2ccc(/C=N\NC(=O)C3CCCCC3)cc2OCC)cc1. The lowest BCUT2D eigenvalue weighted by Crippen LogP contribution is -2.28. The number of hydrazone groups is 1. The Hall–Kier alpha value is -3.35. The van der Waals surface area contributed by atoms with Gasteiger partial charge in [-0.15, -0.1) is 0 Å². The highest BCUT2D eigenvalue weighted by molar-refractivity contribution is 5.92. The van der Waals surface area contributed by atoms with Gasteiger partial charge in [-0.3, -0.25) is 4.79 Å². The standard InChI is InChI=1S/C25H30N2O5/c1-3-30-21-13-11-20(12-14-21)25(29)32-22-15-10-18(16-23(22)31-4-2)17-26-27-24(28)19-8-6-5-7-9-19/h10-17,19H,3-9H2,1-2H3,(H,27,28)/b26-17-. The molecule has 2 aromatic carbocycles. The zero-order chi connectivity index (χ0) is 22.8. The lowest BCUT2D eigenvalue weighted by Gasteiger charge is -2.19. The van der Waals surface area contributed by atoms with Crippen LogP contribution in [0.1, 0.15) is 61.9 Å². The lowest BCUT2D eigenvalue weighted by molar-refractivity contribution is -0.125. The first-order chi connectivity index (χ1) is 15.6.